The lowest BCUT2D eigenvalue weighted by molar-refractivity contribution is -0.704. The van der Waals surface area contributed by atoms with E-state index in [1.165, 1.54) is 170 Å². The monoisotopic (exact) mass is 656 g/mol. The molecule has 0 aliphatic rings. The van der Waals surface area contributed by atoms with E-state index < -0.39 is 0 Å². The molecule has 48 heavy (non-hydrogen) atoms. The molecule has 0 aliphatic carbocycles. The van der Waals surface area contributed by atoms with Crippen molar-refractivity contribution in [2.24, 2.45) is 0 Å². The highest BCUT2D eigenvalue weighted by Crippen LogP contribution is 2.23. The van der Waals surface area contributed by atoms with Gasteiger partial charge in [-0.2, -0.15) is 0 Å². The Balaban J connectivity index is 1.55. The van der Waals surface area contributed by atoms with E-state index >= 15 is 0 Å². The zero-order valence-electron chi connectivity index (χ0n) is 31.9. The second-order valence-corrected chi connectivity index (χ2v) is 15.0. The molecular formula is C46H75N2+. The van der Waals surface area contributed by atoms with Gasteiger partial charge < -0.3 is 0 Å². The van der Waals surface area contributed by atoms with Crippen molar-refractivity contribution in [3.8, 4) is 0 Å². The van der Waals surface area contributed by atoms with Crippen LogP contribution in [-0.4, -0.2) is 4.57 Å². The molecule has 2 aromatic carbocycles. The third kappa shape index (κ3) is 16.8. The molecule has 2 heteroatoms. The topological polar surface area (TPSA) is 8.81 Å². The molecule has 0 radical (unpaired) electrons. The van der Waals surface area contributed by atoms with Crippen LogP contribution in [-0.2, 0) is 25.9 Å². The van der Waals surface area contributed by atoms with Gasteiger partial charge in [-0.1, -0.05) is 203 Å². The molecule has 0 spiro atoms. The highest BCUT2D eigenvalue weighted by molar-refractivity contribution is 5.22. The molecule has 0 saturated carbocycles. The number of aryl methyl sites for hydroxylation is 1. The molecule has 3 rings (SSSR count). The summed E-state index contributed by atoms with van der Waals surface area (Å²) >= 11 is 0. The SMILES string of the molecule is CCCCCCCCCCCCCCCCCn1c(CC(C)c2ccccc2)c[n+](CCCCCCCCCC)c1Cc1ccccc1. The van der Waals surface area contributed by atoms with Gasteiger partial charge in [-0.05, 0) is 42.7 Å². The highest BCUT2D eigenvalue weighted by Gasteiger charge is 2.25. The average Bonchev–Trinajstić information content (AvgIpc) is 3.42. The molecule has 0 amide bonds. The molecule has 1 unspecified atom stereocenters. The summed E-state index contributed by atoms with van der Waals surface area (Å²) in [6, 6.07) is 22.4. The fourth-order valence-corrected chi connectivity index (χ4v) is 7.52. The third-order valence-electron chi connectivity index (χ3n) is 10.6. The lowest BCUT2D eigenvalue weighted by atomic mass is 9.96. The van der Waals surface area contributed by atoms with Crippen molar-refractivity contribution in [1.82, 2.24) is 4.57 Å². The molecule has 0 saturated heterocycles. The van der Waals surface area contributed by atoms with Gasteiger partial charge in [-0.25, -0.2) is 9.13 Å². The van der Waals surface area contributed by atoms with E-state index in [0.717, 1.165) is 25.9 Å². The Hall–Kier alpha value is -2.35. The molecule has 1 heterocycles. The number of hydrogen-bond donors (Lipinski definition) is 0. The van der Waals surface area contributed by atoms with Crippen LogP contribution in [0.2, 0.25) is 0 Å². The number of rotatable bonds is 30. The Morgan fingerprint density at radius 1 is 0.521 bits per heavy atom. The molecule has 0 N–H and O–H groups in total. The summed E-state index contributed by atoms with van der Waals surface area (Å²) in [5, 5.41) is 0. The van der Waals surface area contributed by atoms with Crippen LogP contribution in [0.1, 0.15) is 197 Å². The van der Waals surface area contributed by atoms with Gasteiger partial charge in [0.2, 0.25) is 0 Å². The first kappa shape index (κ1) is 40.1. The number of nitrogens with zero attached hydrogens (tertiary/aromatic N) is 2. The second-order valence-electron chi connectivity index (χ2n) is 15.0. The van der Waals surface area contributed by atoms with Gasteiger partial charge in [0.15, 0.2) is 0 Å². The van der Waals surface area contributed by atoms with Gasteiger partial charge in [-0.3, -0.25) is 0 Å². The minimum Gasteiger partial charge on any atom is -0.234 e. The summed E-state index contributed by atoms with van der Waals surface area (Å²) in [5.74, 6) is 2.03. The maximum atomic E-state index is 2.75. The fourth-order valence-electron chi connectivity index (χ4n) is 7.52. The van der Waals surface area contributed by atoms with Gasteiger partial charge in [0.05, 0.1) is 19.5 Å². The summed E-state index contributed by atoms with van der Waals surface area (Å²) in [7, 11) is 0. The van der Waals surface area contributed by atoms with Crippen molar-refractivity contribution < 1.29 is 4.57 Å². The molecule has 1 atom stereocenters. The first-order chi connectivity index (χ1) is 23.7. The Morgan fingerprint density at radius 3 is 1.46 bits per heavy atom. The minimum atomic E-state index is 0.516. The zero-order chi connectivity index (χ0) is 33.9. The van der Waals surface area contributed by atoms with Crippen LogP contribution in [0.25, 0.3) is 0 Å². The first-order valence-corrected chi connectivity index (χ1v) is 20.9. The van der Waals surface area contributed by atoms with Gasteiger partial charge >= 0.3 is 0 Å². The summed E-state index contributed by atoms with van der Waals surface area (Å²) in [6.07, 6.45) is 36.9. The number of unbranched alkanes of at least 4 members (excludes halogenated alkanes) is 21. The van der Waals surface area contributed by atoms with Crippen molar-refractivity contribution in [2.75, 3.05) is 0 Å². The van der Waals surface area contributed by atoms with E-state index in [2.05, 4.69) is 96.8 Å². The van der Waals surface area contributed by atoms with Crippen LogP contribution in [0, 0.1) is 0 Å². The molecule has 268 valence electrons. The molecule has 0 bridgehead atoms. The van der Waals surface area contributed by atoms with Crippen LogP contribution in [0.15, 0.2) is 66.9 Å². The van der Waals surface area contributed by atoms with Crippen molar-refractivity contribution in [1.29, 1.82) is 0 Å². The summed E-state index contributed by atoms with van der Waals surface area (Å²) < 4.78 is 5.40. The van der Waals surface area contributed by atoms with Gasteiger partial charge in [0.25, 0.3) is 5.82 Å². The first-order valence-electron chi connectivity index (χ1n) is 20.9. The van der Waals surface area contributed by atoms with Crippen molar-refractivity contribution in [2.45, 2.75) is 200 Å². The minimum absolute atomic E-state index is 0.516. The standard InChI is InChI=1S/C46H75N2/c1-4-6-8-10-12-14-15-16-17-18-19-20-22-24-32-38-48-45(39-42(3)44-35-29-26-30-36-44)41-47(37-31-23-21-13-11-9-7-5-2)46(48)40-43-33-27-25-28-34-43/h25-30,33-36,41-42H,4-24,31-32,37-40H2,1-3H3/q+1. The maximum absolute atomic E-state index is 2.75. The summed E-state index contributed by atoms with van der Waals surface area (Å²) in [6.45, 7) is 9.34. The highest BCUT2D eigenvalue weighted by atomic mass is 15.2. The van der Waals surface area contributed by atoms with Crippen LogP contribution in [0.5, 0.6) is 0 Å². The Bertz CT molecular complexity index is 1150. The van der Waals surface area contributed by atoms with Crippen molar-refractivity contribution in [3.63, 3.8) is 0 Å². The molecule has 0 aliphatic heterocycles. The Labute approximate surface area is 298 Å². The van der Waals surface area contributed by atoms with Crippen molar-refractivity contribution >= 4 is 0 Å². The van der Waals surface area contributed by atoms with E-state index in [4.69, 9.17) is 0 Å². The molecule has 1 aromatic heterocycles. The molecule has 0 fully saturated rings. The number of aromatic nitrogens is 2. The predicted molar refractivity (Wildman–Crippen MR) is 210 cm³/mol. The molecule has 2 nitrogen and oxygen atoms in total. The van der Waals surface area contributed by atoms with Crippen LogP contribution in [0.4, 0.5) is 0 Å². The van der Waals surface area contributed by atoms with Gasteiger partial charge in [-0.15, -0.1) is 0 Å². The van der Waals surface area contributed by atoms with Gasteiger partial charge in [0, 0.05) is 6.42 Å². The van der Waals surface area contributed by atoms with Gasteiger partial charge in [0.1, 0.15) is 11.9 Å². The fraction of sp³-hybridized carbons (Fsp3) is 0.674. The third-order valence-corrected chi connectivity index (χ3v) is 10.6. The van der Waals surface area contributed by atoms with E-state index in [1.807, 2.05) is 0 Å². The van der Waals surface area contributed by atoms with Crippen molar-refractivity contribution in [3.05, 3.63) is 89.5 Å². The lowest BCUT2D eigenvalue weighted by Crippen LogP contribution is -2.37. The largest absolute Gasteiger partial charge is 0.261 e. The lowest BCUT2D eigenvalue weighted by Gasteiger charge is -2.12. The Morgan fingerprint density at radius 2 is 0.958 bits per heavy atom. The average molecular weight is 656 g/mol. The predicted octanol–water partition coefficient (Wildman–Crippen LogP) is 13.7. The van der Waals surface area contributed by atoms with E-state index in [1.54, 1.807) is 0 Å². The quantitative estimate of drug-likeness (QED) is 0.0499. The van der Waals surface area contributed by atoms with Crippen LogP contribution in [0.3, 0.4) is 0 Å². The van der Waals surface area contributed by atoms with E-state index in [0.29, 0.717) is 5.92 Å². The smallest absolute Gasteiger partial charge is 0.234 e. The molecule has 3 aromatic rings. The molecular weight excluding hydrogens is 581 g/mol. The summed E-state index contributed by atoms with van der Waals surface area (Å²) in [4.78, 5) is 0. The Kier molecular flexibility index (Phi) is 22.1. The zero-order valence-corrected chi connectivity index (χ0v) is 31.9. The van der Waals surface area contributed by atoms with E-state index in [-0.39, 0.29) is 0 Å². The van der Waals surface area contributed by atoms with Crippen LogP contribution >= 0.6 is 0 Å². The second kappa shape index (κ2) is 26.5. The normalized spacial score (nSPS) is 12.1. The number of hydrogen-bond acceptors (Lipinski definition) is 0. The number of benzene rings is 2. The van der Waals surface area contributed by atoms with E-state index in [9.17, 15) is 0 Å². The van der Waals surface area contributed by atoms with Crippen LogP contribution < -0.4 is 4.57 Å². The summed E-state index contributed by atoms with van der Waals surface area (Å²) in [5.41, 5.74) is 4.42. The number of imidazole rings is 1. The maximum Gasteiger partial charge on any atom is 0.261 e.